The number of carboxylic acid groups (broad SMARTS) is 1. The van der Waals surface area contributed by atoms with Crippen LogP contribution in [0.2, 0.25) is 0 Å². The monoisotopic (exact) mass is 337 g/mol. The number of amides is 2. The van der Waals surface area contributed by atoms with E-state index in [1.54, 1.807) is 11.0 Å². The highest BCUT2D eigenvalue weighted by atomic mass is 16.4. The van der Waals surface area contributed by atoms with Crippen LogP contribution in [0, 0.1) is 16.7 Å². The van der Waals surface area contributed by atoms with Gasteiger partial charge in [-0.3, -0.25) is 4.79 Å². The van der Waals surface area contributed by atoms with Gasteiger partial charge in [-0.1, -0.05) is 20.8 Å². The Morgan fingerprint density at radius 1 is 1.33 bits per heavy atom. The van der Waals surface area contributed by atoms with Crippen LogP contribution in [0.25, 0.3) is 0 Å². The van der Waals surface area contributed by atoms with Gasteiger partial charge in [0.2, 0.25) is 6.08 Å². The van der Waals surface area contributed by atoms with Crippen molar-refractivity contribution in [2.24, 2.45) is 21.7 Å². The summed E-state index contributed by atoms with van der Waals surface area (Å²) < 4.78 is 0. The molecule has 134 valence electrons. The molecular formula is C17H27N3O4. The molecule has 0 bridgehead atoms. The number of aliphatic imine (C=N–C) groups is 1. The lowest BCUT2D eigenvalue weighted by molar-refractivity contribution is -0.141. The summed E-state index contributed by atoms with van der Waals surface area (Å²) in [7, 11) is 0. The van der Waals surface area contributed by atoms with Gasteiger partial charge < -0.3 is 15.3 Å². The SMILES string of the molecule is CC1(C)CC(NC(=O)N2CCC(C(=O)O)C2)CC(C)(CN=C=O)C1. The molecule has 0 aromatic carbocycles. The Kier molecular flexibility index (Phi) is 5.33. The third-order valence-electron chi connectivity index (χ3n) is 5.12. The first-order valence-corrected chi connectivity index (χ1v) is 8.46. The maximum atomic E-state index is 12.5. The Morgan fingerprint density at radius 2 is 2.04 bits per heavy atom. The predicted octanol–water partition coefficient (Wildman–Crippen LogP) is 2.02. The van der Waals surface area contributed by atoms with Crippen LogP contribution in [-0.2, 0) is 9.59 Å². The minimum absolute atomic E-state index is 0.00280. The minimum atomic E-state index is -0.844. The molecule has 2 aliphatic rings. The van der Waals surface area contributed by atoms with E-state index in [9.17, 15) is 14.4 Å². The van der Waals surface area contributed by atoms with Crippen LogP contribution in [0.3, 0.4) is 0 Å². The van der Waals surface area contributed by atoms with Crippen molar-refractivity contribution < 1.29 is 19.5 Å². The van der Waals surface area contributed by atoms with Crippen molar-refractivity contribution >= 4 is 18.1 Å². The van der Waals surface area contributed by atoms with Gasteiger partial charge in [0.25, 0.3) is 0 Å². The summed E-state index contributed by atoms with van der Waals surface area (Å²) in [5.74, 6) is -1.31. The quantitative estimate of drug-likeness (QED) is 0.605. The number of aliphatic carboxylic acids is 1. The fourth-order valence-electron chi connectivity index (χ4n) is 4.49. The molecule has 0 radical (unpaired) electrons. The maximum absolute atomic E-state index is 12.5. The summed E-state index contributed by atoms with van der Waals surface area (Å²) in [6.45, 7) is 7.56. The first kappa shape index (κ1) is 18.5. The molecule has 7 nitrogen and oxygen atoms in total. The van der Waals surface area contributed by atoms with Crippen molar-refractivity contribution in [3.05, 3.63) is 0 Å². The van der Waals surface area contributed by atoms with Crippen LogP contribution in [0.4, 0.5) is 4.79 Å². The molecule has 1 saturated carbocycles. The van der Waals surface area contributed by atoms with Gasteiger partial charge >= 0.3 is 12.0 Å². The number of nitrogens with one attached hydrogen (secondary N) is 1. The molecule has 24 heavy (non-hydrogen) atoms. The van der Waals surface area contributed by atoms with E-state index in [1.807, 2.05) is 0 Å². The molecule has 0 spiro atoms. The van der Waals surface area contributed by atoms with Gasteiger partial charge in [0.05, 0.1) is 12.5 Å². The van der Waals surface area contributed by atoms with Crippen molar-refractivity contribution in [2.45, 2.75) is 52.5 Å². The van der Waals surface area contributed by atoms with E-state index in [1.165, 1.54) is 0 Å². The molecule has 7 heteroatoms. The van der Waals surface area contributed by atoms with E-state index in [-0.39, 0.29) is 29.4 Å². The van der Waals surface area contributed by atoms with Crippen LogP contribution in [-0.4, -0.2) is 53.8 Å². The number of isocyanates is 1. The predicted molar refractivity (Wildman–Crippen MR) is 88.4 cm³/mol. The van der Waals surface area contributed by atoms with E-state index < -0.39 is 11.9 Å². The van der Waals surface area contributed by atoms with Crippen LogP contribution in [0.1, 0.15) is 46.5 Å². The first-order chi connectivity index (χ1) is 11.1. The normalized spacial score (nSPS) is 32.0. The lowest BCUT2D eigenvalue weighted by Crippen LogP contribution is -2.51. The number of carboxylic acids is 1. The number of likely N-dealkylation sites (tertiary alicyclic amines) is 1. The Bertz CT molecular complexity index is 556. The van der Waals surface area contributed by atoms with Gasteiger partial charge in [-0.15, -0.1) is 0 Å². The fourth-order valence-corrected chi connectivity index (χ4v) is 4.49. The lowest BCUT2D eigenvalue weighted by atomic mass is 9.62. The van der Waals surface area contributed by atoms with E-state index in [0.717, 1.165) is 19.3 Å². The number of hydrogen-bond donors (Lipinski definition) is 2. The smallest absolute Gasteiger partial charge is 0.317 e. The zero-order chi connectivity index (χ0) is 18.0. The third-order valence-corrected chi connectivity index (χ3v) is 5.12. The Balaban J connectivity index is 1.99. The Hall–Kier alpha value is -1.88. The van der Waals surface area contributed by atoms with Crippen LogP contribution >= 0.6 is 0 Å². The fraction of sp³-hybridized carbons (Fsp3) is 0.824. The van der Waals surface area contributed by atoms with Crippen molar-refractivity contribution in [1.29, 1.82) is 0 Å². The maximum Gasteiger partial charge on any atom is 0.317 e. The average Bonchev–Trinajstić information content (AvgIpc) is 2.93. The van der Waals surface area contributed by atoms with E-state index in [0.29, 0.717) is 19.5 Å². The first-order valence-electron chi connectivity index (χ1n) is 8.46. The van der Waals surface area contributed by atoms with Crippen molar-refractivity contribution in [3.8, 4) is 0 Å². The summed E-state index contributed by atoms with van der Waals surface area (Å²) in [6, 6.07) is -0.195. The second kappa shape index (κ2) is 6.93. The van der Waals surface area contributed by atoms with E-state index in [4.69, 9.17) is 5.11 Å². The van der Waals surface area contributed by atoms with Crippen LogP contribution in [0.15, 0.2) is 4.99 Å². The highest BCUT2D eigenvalue weighted by Gasteiger charge is 2.42. The molecule has 3 unspecified atom stereocenters. The molecule has 0 aromatic rings. The minimum Gasteiger partial charge on any atom is -0.481 e. The zero-order valence-electron chi connectivity index (χ0n) is 14.7. The summed E-state index contributed by atoms with van der Waals surface area (Å²) in [5, 5.41) is 12.1. The molecule has 2 fully saturated rings. The molecule has 3 atom stereocenters. The van der Waals surface area contributed by atoms with Crippen molar-refractivity contribution in [3.63, 3.8) is 0 Å². The van der Waals surface area contributed by atoms with Crippen molar-refractivity contribution in [2.75, 3.05) is 19.6 Å². The molecular weight excluding hydrogens is 310 g/mol. The van der Waals surface area contributed by atoms with Crippen molar-refractivity contribution in [1.82, 2.24) is 10.2 Å². The number of carbonyl (C=O) groups is 2. The Morgan fingerprint density at radius 3 is 2.62 bits per heavy atom. The van der Waals surface area contributed by atoms with E-state index >= 15 is 0 Å². The molecule has 0 aromatic heterocycles. The number of nitrogens with zero attached hydrogens (tertiary/aromatic N) is 2. The van der Waals surface area contributed by atoms with Crippen LogP contribution < -0.4 is 5.32 Å². The van der Waals surface area contributed by atoms with Gasteiger partial charge in [-0.05, 0) is 36.5 Å². The van der Waals surface area contributed by atoms with Gasteiger partial charge in [0.15, 0.2) is 0 Å². The number of rotatable bonds is 4. The third kappa shape index (κ3) is 4.57. The summed E-state index contributed by atoms with van der Waals surface area (Å²) in [6.07, 6.45) is 4.65. The molecule has 1 heterocycles. The van der Waals surface area contributed by atoms with Crippen LogP contribution in [0.5, 0.6) is 0 Å². The molecule has 1 aliphatic carbocycles. The van der Waals surface area contributed by atoms with E-state index in [2.05, 4.69) is 31.1 Å². The number of urea groups is 1. The summed E-state index contributed by atoms with van der Waals surface area (Å²) >= 11 is 0. The highest BCUT2D eigenvalue weighted by molar-refractivity contribution is 5.77. The topological polar surface area (TPSA) is 99.1 Å². The molecule has 2 N–H and O–H groups in total. The van der Waals surface area contributed by atoms with Gasteiger partial charge in [0.1, 0.15) is 0 Å². The number of carbonyl (C=O) groups excluding carboxylic acids is 2. The second-order valence-electron chi connectivity index (χ2n) is 8.38. The summed E-state index contributed by atoms with van der Waals surface area (Å²) in [4.78, 5) is 39.3. The number of hydrogen-bond acceptors (Lipinski definition) is 4. The molecule has 1 saturated heterocycles. The summed E-state index contributed by atoms with van der Waals surface area (Å²) in [5.41, 5.74) is -0.107. The molecule has 1 aliphatic heterocycles. The molecule has 2 rings (SSSR count). The lowest BCUT2D eigenvalue weighted by Gasteiger charge is -2.46. The highest BCUT2D eigenvalue weighted by Crippen LogP contribution is 2.46. The largest absolute Gasteiger partial charge is 0.481 e. The Labute approximate surface area is 142 Å². The second-order valence-corrected chi connectivity index (χ2v) is 8.38. The average molecular weight is 337 g/mol. The standard InChI is InChI=1S/C17H27N3O4/c1-16(2)6-13(7-17(3,9-16)10-18-11-21)19-15(24)20-5-4-12(8-20)14(22)23/h12-13H,4-10H2,1-3H3,(H,19,24)(H,22,23). The van der Waals surface area contributed by atoms with Gasteiger partial charge in [0, 0.05) is 19.1 Å². The van der Waals surface area contributed by atoms with Gasteiger partial charge in [-0.2, -0.15) is 0 Å². The zero-order valence-corrected chi connectivity index (χ0v) is 14.7. The molecule has 2 amide bonds. The van der Waals surface area contributed by atoms with Gasteiger partial charge in [-0.25, -0.2) is 14.6 Å².